The smallest absolute Gasteiger partial charge is 0.307 e. The van der Waals surface area contributed by atoms with Crippen LogP contribution in [0.15, 0.2) is 60.2 Å². The van der Waals surface area contributed by atoms with Gasteiger partial charge in [0.2, 0.25) is 0 Å². The molecule has 0 saturated carbocycles. The first kappa shape index (κ1) is 16.8. The molecule has 1 aliphatic rings. The summed E-state index contributed by atoms with van der Waals surface area (Å²) < 4.78 is 10.4. The molecule has 0 fully saturated rings. The summed E-state index contributed by atoms with van der Waals surface area (Å²) in [7, 11) is 1.33. The second-order valence-electron chi connectivity index (χ2n) is 5.71. The van der Waals surface area contributed by atoms with Crippen molar-refractivity contribution in [3.05, 3.63) is 71.3 Å². The number of hydrogen-bond acceptors (Lipinski definition) is 4. The average molecular weight is 337 g/mol. The van der Waals surface area contributed by atoms with E-state index < -0.39 is 6.04 Å². The predicted octanol–water partition coefficient (Wildman–Crippen LogP) is 2.88. The number of carbonyl (C=O) groups is 2. The zero-order valence-electron chi connectivity index (χ0n) is 13.9. The van der Waals surface area contributed by atoms with Gasteiger partial charge < -0.3 is 14.8 Å². The molecule has 1 N–H and O–H groups in total. The van der Waals surface area contributed by atoms with Crippen LogP contribution in [0.2, 0.25) is 0 Å². The Morgan fingerprint density at radius 2 is 1.84 bits per heavy atom. The molecule has 0 unspecified atom stereocenters. The number of amides is 1. The number of methoxy groups -OCH3 is 1. The summed E-state index contributed by atoms with van der Waals surface area (Å²) in [5, 5.41) is 2.91. The van der Waals surface area contributed by atoms with Crippen molar-refractivity contribution in [3.8, 4) is 5.75 Å². The van der Waals surface area contributed by atoms with Crippen molar-refractivity contribution >= 4 is 18.0 Å². The zero-order valence-corrected chi connectivity index (χ0v) is 13.9. The lowest BCUT2D eigenvalue weighted by Gasteiger charge is -2.21. The maximum Gasteiger partial charge on any atom is 0.307 e. The fourth-order valence-corrected chi connectivity index (χ4v) is 2.69. The maximum absolute atomic E-state index is 12.6. The maximum atomic E-state index is 12.6. The largest absolute Gasteiger partial charge is 0.488 e. The highest BCUT2D eigenvalue weighted by atomic mass is 16.5. The molecule has 0 saturated heterocycles. The monoisotopic (exact) mass is 337 g/mol. The minimum Gasteiger partial charge on any atom is -0.488 e. The first-order valence-electron chi connectivity index (χ1n) is 8.02. The third-order valence-electron chi connectivity index (χ3n) is 4.03. The van der Waals surface area contributed by atoms with Gasteiger partial charge in [-0.05, 0) is 17.7 Å². The van der Waals surface area contributed by atoms with Crippen LogP contribution < -0.4 is 10.1 Å². The van der Waals surface area contributed by atoms with Gasteiger partial charge in [0.05, 0.1) is 25.1 Å². The second-order valence-corrected chi connectivity index (χ2v) is 5.71. The molecule has 1 heterocycles. The van der Waals surface area contributed by atoms with Crippen molar-refractivity contribution in [1.29, 1.82) is 0 Å². The van der Waals surface area contributed by atoms with Crippen LogP contribution in [0, 0.1) is 0 Å². The topological polar surface area (TPSA) is 64.6 Å². The summed E-state index contributed by atoms with van der Waals surface area (Å²) in [5.41, 5.74) is 2.23. The summed E-state index contributed by atoms with van der Waals surface area (Å²) in [6.45, 7) is 0.197. The lowest BCUT2D eigenvalue weighted by Crippen LogP contribution is -2.33. The van der Waals surface area contributed by atoms with Crippen molar-refractivity contribution in [2.45, 2.75) is 12.5 Å². The molecule has 0 radical (unpaired) electrons. The molecular formula is C20H19NO4. The molecule has 0 spiro atoms. The van der Waals surface area contributed by atoms with E-state index in [0.717, 1.165) is 16.9 Å². The molecule has 3 rings (SSSR count). The average Bonchev–Trinajstić information content (AvgIpc) is 2.67. The molecule has 5 nitrogen and oxygen atoms in total. The van der Waals surface area contributed by atoms with E-state index >= 15 is 0 Å². The molecule has 2 aromatic carbocycles. The van der Waals surface area contributed by atoms with Crippen LogP contribution in [0.25, 0.3) is 6.08 Å². The summed E-state index contributed by atoms with van der Waals surface area (Å²) in [6.07, 6.45) is 1.88. The van der Waals surface area contributed by atoms with Crippen molar-refractivity contribution in [2.24, 2.45) is 0 Å². The van der Waals surface area contributed by atoms with Crippen LogP contribution in [-0.2, 0) is 14.3 Å². The third-order valence-corrected chi connectivity index (χ3v) is 4.03. The Hall–Kier alpha value is -3.08. The Bertz CT molecular complexity index is 798. The molecule has 0 bridgehead atoms. The Labute approximate surface area is 146 Å². The number of ether oxygens (including phenoxy) is 2. The molecule has 25 heavy (non-hydrogen) atoms. The Kier molecular flexibility index (Phi) is 5.14. The van der Waals surface area contributed by atoms with Gasteiger partial charge in [-0.15, -0.1) is 0 Å². The fraction of sp³-hybridized carbons (Fsp3) is 0.200. The molecule has 1 amide bonds. The zero-order chi connectivity index (χ0) is 17.6. The van der Waals surface area contributed by atoms with Crippen LogP contribution in [-0.4, -0.2) is 25.6 Å². The number of benzene rings is 2. The highest BCUT2D eigenvalue weighted by molar-refractivity contribution is 5.99. The molecule has 0 aliphatic carbocycles. The van der Waals surface area contributed by atoms with Gasteiger partial charge in [0.15, 0.2) is 0 Å². The van der Waals surface area contributed by atoms with E-state index in [0.29, 0.717) is 5.57 Å². The number of esters is 1. The van der Waals surface area contributed by atoms with Gasteiger partial charge in [-0.25, -0.2) is 0 Å². The first-order valence-corrected chi connectivity index (χ1v) is 8.02. The lowest BCUT2D eigenvalue weighted by molar-refractivity contribution is -0.141. The molecule has 5 heteroatoms. The minimum atomic E-state index is -0.459. The van der Waals surface area contributed by atoms with Gasteiger partial charge in [0.1, 0.15) is 12.4 Å². The Balaban J connectivity index is 1.79. The number of carbonyl (C=O) groups excluding carboxylic acids is 2. The molecule has 2 aromatic rings. The van der Waals surface area contributed by atoms with E-state index in [1.807, 2.05) is 60.7 Å². The second kappa shape index (κ2) is 7.66. The van der Waals surface area contributed by atoms with Crippen LogP contribution in [0.4, 0.5) is 0 Å². The number of hydrogen-bond donors (Lipinski definition) is 1. The molecule has 0 aromatic heterocycles. The van der Waals surface area contributed by atoms with Gasteiger partial charge in [0, 0.05) is 5.56 Å². The van der Waals surface area contributed by atoms with E-state index in [-0.39, 0.29) is 24.9 Å². The van der Waals surface area contributed by atoms with Crippen molar-refractivity contribution in [2.75, 3.05) is 13.7 Å². The summed E-state index contributed by atoms with van der Waals surface area (Å²) in [6, 6.07) is 16.4. The normalized spacial score (nSPS) is 13.7. The van der Waals surface area contributed by atoms with E-state index in [9.17, 15) is 9.59 Å². The highest BCUT2D eigenvalue weighted by Crippen LogP contribution is 2.26. The van der Waals surface area contributed by atoms with Gasteiger partial charge in [0.25, 0.3) is 5.91 Å². The fourth-order valence-electron chi connectivity index (χ4n) is 2.69. The summed E-state index contributed by atoms with van der Waals surface area (Å²) in [5.74, 6) is 0.119. The van der Waals surface area contributed by atoms with Gasteiger partial charge in [-0.3, -0.25) is 9.59 Å². The van der Waals surface area contributed by atoms with E-state index in [1.165, 1.54) is 7.11 Å². The third kappa shape index (κ3) is 4.07. The van der Waals surface area contributed by atoms with Crippen molar-refractivity contribution in [1.82, 2.24) is 5.32 Å². The van der Waals surface area contributed by atoms with Gasteiger partial charge in [-0.1, -0.05) is 48.5 Å². The number of para-hydroxylation sites is 1. The van der Waals surface area contributed by atoms with Crippen LogP contribution >= 0.6 is 0 Å². The summed E-state index contributed by atoms with van der Waals surface area (Å²) >= 11 is 0. The van der Waals surface area contributed by atoms with Crippen LogP contribution in [0.3, 0.4) is 0 Å². The molecule has 1 atom stereocenters. The number of rotatable bonds is 5. The Morgan fingerprint density at radius 1 is 1.12 bits per heavy atom. The lowest BCUT2D eigenvalue weighted by atomic mass is 10.0. The summed E-state index contributed by atoms with van der Waals surface area (Å²) in [4.78, 5) is 24.4. The van der Waals surface area contributed by atoms with E-state index in [4.69, 9.17) is 9.47 Å². The van der Waals surface area contributed by atoms with Gasteiger partial charge in [-0.2, -0.15) is 0 Å². The van der Waals surface area contributed by atoms with Gasteiger partial charge >= 0.3 is 5.97 Å². The van der Waals surface area contributed by atoms with E-state index in [1.54, 1.807) is 0 Å². The van der Waals surface area contributed by atoms with Crippen molar-refractivity contribution in [3.63, 3.8) is 0 Å². The SMILES string of the molecule is COC(=O)C[C@@H](NC(=O)C1=Cc2ccccc2OC1)c1ccccc1. The predicted molar refractivity (Wildman–Crippen MR) is 93.9 cm³/mol. The highest BCUT2D eigenvalue weighted by Gasteiger charge is 2.22. The van der Waals surface area contributed by atoms with Crippen molar-refractivity contribution < 1.29 is 19.1 Å². The molecule has 128 valence electrons. The molecular weight excluding hydrogens is 318 g/mol. The van der Waals surface area contributed by atoms with Crippen LogP contribution in [0.5, 0.6) is 5.75 Å². The number of nitrogens with one attached hydrogen (secondary N) is 1. The minimum absolute atomic E-state index is 0.0664. The quantitative estimate of drug-likeness (QED) is 0.852. The number of fused-ring (bicyclic) bond motifs is 1. The molecule has 1 aliphatic heterocycles. The standard InChI is InChI=1S/C20H19NO4/c1-24-19(22)12-17(14-7-3-2-4-8-14)21-20(23)16-11-15-9-5-6-10-18(15)25-13-16/h2-11,17H,12-13H2,1H3,(H,21,23)/t17-/m1/s1. The Morgan fingerprint density at radius 3 is 2.60 bits per heavy atom. The van der Waals surface area contributed by atoms with Crippen LogP contribution in [0.1, 0.15) is 23.6 Å². The van der Waals surface area contributed by atoms with E-state index in [2.05, 4.69) is 5.32 Å². The first-order chi connectivity index (χ1) is 12.2.